The highest BCUT2D eigenvalue weighted by molar-refractivity contribution is 5.95. The number of nitrogens with zero attached hydrogens (tertiary/aromatic N) is 1. The second kappa shape index (κ2) is 15.4. The molecule has 0 radical (unpaired) electrons. The van der Waals surface area contributed by atoms with Gasteiger partial charge < -0.3 is 48.5 Å². The molecule has 0 aromatic rings. The van der Waals surface area contributed by atoms with Gasteiger partial charge in [0, 0.05) is 6.54 Å². The number of aliphatic hydroxyl groups is 1. The van der Waals surface area contributed by atoms with Crippen LogP contribution in [-0.2, 0) is 24.0 Å². The number of aliphatic hydroxyl groups excluding tert-OH is 1. The van der Waals surface area contributed by atoms with Crippen molar-refractivity contribution in [2.75, 3.05) is 6.54 Å². The Kier molecular flexibility index (Phi) is 13.9. The van der Waals surface area contributed by atoms with E-state index in [0.29, 0.717) is 0 Å². The number of hydrogen-bond acceptors (Lipinski definition) is 8. The van der Waals surface area contributed by atoms with Crippen LogP contribution in [0.2, 0.25) is 0 Å². The summed E-state index contributed by atoms with van der Waals surface area (Å²) in [6.45, 7) is 4.92. The predicted octanol–water partition coefficient (Wildman–Crippen LogP) is -3.19. The third kappa shape index (κ3) is 13.1. The molecule has 0 fully saturated rings. The van der Waals surface area contributed by atoms with Gasteiger partial charge in [-0.15, -0.1) is 0 Å². The van der Waals surface area contributed by atoms with Crippen LogP contribution in [0.1, 0.15) is 46.5 Å². The van der Waals surface area contributed by atoms with Crippen molar-refractivity contribution in [2.45, 2.75) is 76.7 Å². The van der Waals surface area contributed by atoms with Crippen LogP contribution >= 0.6 is 0 Å². The Balaban J connectivity index is 5.41. The molecule has 0 aliphatic carbocycles. The molecule has 0 aliphatic rings. The lowest BCUT2D eigenvalue weighted by atomic mass is 10.0. The largest absolute Gasteiger partial charge is 0.481 e. The summed E-state index contributed by atoms with van der Waals surface area (Å²) < 4.78 is 0. The third-order valence-electron chi connectivity index (χ3n) is 4.69. The van der Waals surface area contributed by atoms with Gasteiger partial charge in [-0.2, -0.15) is 0 Å². The van der Waals surface area contributed by atoms with E-state index < -0.39 is 66.4 Å². The predicted molar refractivity (Wildman–Crippen MR) is 125 cm³/mol. The van der Waals surface area contributed by atoms with Crippen molar-refractivity contribution in [3.63, 3.8) is 0 Å². The van der Waals surface area contributed by atoms with Crippen LogP contribution in [0.4, 0.5) is 0 Å². The van der Waals surface area contributed by atoms with E-state index in [9.17, 15) is 34.2 Å². The van der Waals surface area contributed by atoms with E-state index in [2.05, 4.69) is 20.9 Å². The van der Waals surface area contributed by atoms with Crippen molar-refractivity contribution in [1.29, 1.82) is 0 Å². The summed E-state index contributed by atoms with van der Waals surface area (Å²) in [6.07, 6.45) is -1.70. The van der Waals surface area contributed by atoms with Crippen LogP contribution in [0.3, 0.4) is 0 Å². The Labute approximate surface area is 202 Å². The zero-order chi connectivity index (χ0) is 27.3. The van der Waals surface area contributed by atoms with E-state index >= 15 is 0 Å². The number of nitrogens with one attached hydrogen (secondary N) is 3. The third-order valence-corrected chi connectivity index (χ3v) is 4.69. The second-order valence-corrected chi connectivity index (χ2v) is 8.47. The number of guanidine groups is 1. The van der Waals surface area contributed by atoms with Gasteiger partial charge in [-0.05, 0) is 32.1 Å². The molecule has 0 saturated carbocycles. The zero-order valence-corrected chi connectivity index (χ0v) is 20.1. The van der Waals surface area contributed by atoms with Crippen LogP contribution in [-0.4, -0.2) is 87.8 Å². The molecule has 5 unspecified atom stereocenters. The van der Waals surface area contributed by atoms with Gasteiger partial charge in [0.25, 0.3) is 0 Å². The lowest BCUT2D eigenvalue weighted by Gasteiger charge is -2.27. The summed E-state index contributed by atoms with van der Waals surface area (Å²) in [5, 5.41) is 35.1. The normalized spacial score (nSPS) is 15.1. The molecule has 15 heteroatoms. The first-order valence-corrected chi connectivity index (χ1v) is 11.0. The summed E-state index contributed by atoms with van der Waals surface area (Å²) in [5.41, 5.74) is 15.9. The average Bonchev–Trinajstić information content (AvgIpc) is 2.71. The maximum Gasteiger partial charge on any atom is 0.326 e. The number of aliphatic imine (C=N–C) groups is 1. The first kappa shape index (κ1) is 31.5. The van der Waals surface area contributed by atoms with Gasteiger partial charge in [0.1, 0.15) is 18.1 Å². The highest BCUT2D eigenvalue weighted by atomic mass is 16.4. The standard InChI is InChI=1S/C20H37N7O8/c1-9(2)7-13(17(32)25-12(19(34)35)5-4-6-24-20(22)23)26-18(33)15(10(3)28)27-16(31)11(21)8-14(29)30/h9-13,15,28H,4-8,21H2,1-3H3,(H,25,32)(H,26,33)(H,27,31)(H,29,30)(H,34,35)(H4,22,23,24). The molecule has 5 atom stereocenters. The van der Waals surface area contributed by atoms with E-state index in [1.165, 1.54) is 6.92 Å². The molecule has 0 heterocycles. The van der Waals surface area contributed by atoms with Crippen molar-refractivity contribution < 1.29 is 39.3 Å². The number of aliphatic carboxylic acids is 2. The summed E-state index contributed by atoms with van der Waals surface area (Å²) in [4.78, 5) is 63.8. The Bertz CT molecular complexity index is 783. The number of carboxylic acids is 2. The number of carbonyl (C=O) groups excluding carboxylic acids is 3. The molecule has 15 nitrogen and oxygen atoms in total. The highest BCUT2D eigenvalue weighted by Gasteiger charge is 2.33. The molecule has 0 aromatic carbocycles. The van der Waals surface area contributed by atoms with Crippen molar-refractivity contribution >= 4 is 35.6 Å². The van der Waals surface area contributed by atoms with E-state index in [4.69, 9.17) is 22.3 Å². The minimum Gasteiger partial charge on any atom is -0.481 e. The minimum absolute atomic E-state index is 0.0218. The van der Waals surface area contributed by atoms with Gasteiger partial charge in [-0.3, -0.25) is 24.2 Å². The Morgan fingerprint density at radius 3 is 1.91 bits per heavy atom. The zero-order valence-electron chi connectivity index (χ0n) is 20.1. The molecule has 0 aliphatic heterocycles. The summed E-state index contributed by atoms with van der Waals surface area (Å²) >= 11 is 0. The molecule has 0 spiro atoms. The molecule has 35 heavy (non-hydrogen) atoms. The molecule has 0 bridgehead atoms. The first-order chi connectivity index (χ1) is 16.1. The van der Waals surface area contributed by atoms with Crippen LogP contribution < -0.4 is 33.2 Å². The van der Waals surface area contributed by atoms with Crippen molar-refractivity contribution in [3.8, 4) is 0 Å². The van der Waals surface area contributed by atoms with Crippen LogP contribution in [0.15, 0.2) is 4.99 Å². The van der Waals surface area contributed by atoms with Crippen LogP contribution in [0.25, 0.3) is 0 Å². The highest BCUT2D eigenvalue weighted by Crippen LogP contribution is 2.08. The summed E-state index contributed by atoms with van der Waals surface area (Å²) in [7, 11) is 0. The smallest absolute Gasteiger partial charge is 0.326 e. The first-order valence-electron chi connectivity index (χ1n) is 11.0. The SMILES string of the molecule is CC(C)CC(NC(=O)C(NC(=O)C(N)CC(=O)O)C(C)O)C(=O)NC(CCCN=C(N)N)C(=O)O. The van der Waals surface area contributed by atoms with Gasteiger partial charge in [-0.25, -0.2) is 4.79 Å². The van der Waals surface area contributed by atoms with E-state index in [1.807, 2.05) is 0 Å². The number of amides is 3. The van der Waals surface area contributed by atoms with Crippen LogP contribution in [0.5, 0.6) is 0 Å². The topological polar surface area (TPSA) is 273 Å². The fourth-order valence-electron chi connectivity index (χ4n) is 2.94. The molecule has 0 rings (SSSR count). The fraction of sp³-hybridized carbons (Fsp3) is 0.700. The van der Waals surface area contributed by atoms with E-state index in [1.54, 1.807) is 13.8 Å². The van der Waals surface area contributed by atoms with Crippen LogP contribution in [0, 0.1) is 5.92 Å². The van der Waals surface area contributed by atoms with Crippen molar-refractivity contribution in [1.82, 2.24) is 16.0 Å². The lowest BCUT2D eigenvalue weighted by molar-refractivity contribution is -0.142. The molecule has 0 saturated heterocycles. The minimum atomic E-state index is -1.54. The molecule has 3 amide bonds. The number of rotatable bonds is 16. The van der Waals surface area contributed by atoms with Crippen molar-refractivity contribution in [2.24, 2.45) is 28.1 Å². The Hall–Kier alpha value is -3.46. The maximum absolute atomic E-state index is 12.8. The Morgan fingerprint density at radius 1 is 0.886 bits per heavy atom. The van der Waals surface area contributed by atoms with Gasteiger partial charge >= 0.3 is 11.9 Å². The van der Waals surface area contributed by atoms with E-state index in [-0.39, 0.29) is 37.7 Å². The fourth-order valence-corrected chi connectivity index (χ4v) is 2.94. The van der Waals surface area contributed by atoms with Crippen molar-refractivity contribution in [3.05, 3.63) is 0 Å². The monoisotopic (exact) mass is 503 g/mol. The average molecular weight is 504 g/mol. The lowest BCUT2D eigenvalue weighted by Crippen LogP contribution is -2.60. The van der Waals surface area contributed by atoms with E-state index in [0.717, 1.165) is 0 Å². The maximum atomic E-state index is 12.8. The molecular formula is C20H37N7O8. The quantitative estimate of drug-likeness (QED) is 0.0574. The summed E-state index contributed by atoms with van der Waals surface area (Å²) in [5.74, 6) is -5.56. The van der Waals surface area contributed by atoms with Gasteiger partial charge in [0.05, 0.1) is 18.6 Å². The second-order valence-electron chi connectivity index (χ2n) is 8.47. The Morgan fingerprint density at radius 2 is 1.46 bits per heavy atom. The number of carboxylic acid groups (broad SMARTS) is 2. The molecular weight excluding hydrogens is 466 g/mol. The molecule has 200 valence electrons. The number of hydrogen-bond donors (Lipinski definition) is 9. The summed E-state index contributed by atoms with van der Waals surface area (Å²) in [6, 6.07) is -5.47. The molecule has 0 aromatic heterocycles. The van der Waals surface area contributed by atoms with Gasteiger partial charge in [0.15, 0.2) is 5.96 Å². The van der Waals surface area contributed by atoms with Gasteiger partial charge in [-0.1, -0.05) is 13.8 Å². The number of carbonyl (C=O) groups is 5. The van der Waals surface area contributed by atoms with Gasteiger partial charge in [0.2, 0.25) is 17.7 Å². The number of nitrogens with two attached hydrogens (primary N) is 3. The molecule has 12 N–H and O–H groups in total.